The highest BCUT2D eigenvalue weighted by molar-refractivity contribution is 5.95. The fraction of sp³-hybridized carbons (Fsp3) is 0.176. The number of hydrogen-bond acceptors (Lipinski definition) is 4. The van der Waals surface area contributed by atoms with E-state index in [1.54, 1.807) is 18.2 Å². The lowest BCUT2D eigenvalue weighted by Crippen LogP contribution is -2.27. The number of para-hydroxylation sites is 2. The van der Waals surface area contributed by atoms with Gasteiger partial charge in [0.05, 0.1) is 17.1 Å². The summed E-state index contributed by atoms with van der Waals surface area (Å²) in [5.74, 6) is 1.79. The average molecular weight is 309 g/mol. The van der Waals surface area contributed by atoms with Gasteiger partial charge in [0.1, 0.15) is 5.82 Å². The summed E-state index contributed by atoms with van der Waals surface area (Å²) in [6.07, 6.45) is 0. The first-order valence-electron chi connectivity index (χ1n) is 7.36. The second kappa shape index (κ2) is 5.31. The fourth-order valence-corrected chi connectivity index (χ4v) is 2.56. The van der Waals surface area contributed by atoms with Gasteiger partial charge in [0, 0.05) is 5.56 Å². The molecule has 1 amide bonds. The Morgan fingerprint density at radius 1 is 1.22 bits per heavy atom. The number of imidazole rings is 1. The van der Waals surface area contributed by atoms with Gasteiger partial charge in [-0.2, -0.15) is 0 Å². The van der Waals surface area contributed by atoms with Gasteiger partial charge in [-0.15, -0.1) is 0 Å². The van der Waals surface area contributed by atoms with Crippen molar-refractivity contribution in [3.05, 3.63) is 53.9 Å². The molecule has 2 heterocycles. The topological polar surface area (TPSA) is 76.2 Å². The first-order chi connectivity index (χ1) is 11.2. The Morgan fingerprint density at radius 3 is 2.91 bits per heavy atom. The van der Waals surface area contributed by atoms with Crippen LogP contribution in [0.25, 0.3) is 11.0 Å². The number of fused-ring (bicyclic) bond motifs is 2. The highest BCUT2D eigenvalue weighted by Crippen LogP contribution is 2.32. The highest BCUT2D eigenvalue weighted by atomic mass is 16.7. The molecule has 0 spiro atoms. The predicted octanol–water partition coefficient (Wildman–Crippen LogP) is 2.78. The minimum atomic E-state index is -0.236. The number of aromatic nitrogens is 2. The van der Waals surface area contributed by atoms with Crippen LogP contribution in [0.15, 0.2) is 42.5 Å². The van der Waals surface area contributed by atoms with Crippen LogP contribution in [0.1, 0.15) is 29.1 Å². The summed E-state index contributed by atoms with van der Waals surface area (Å²) >= 11 is 0. The van der Waals surface area contributed by atoms with E-state index < -0.39 is 0 Å². The third kappa shape index (κ3) is 2.48. The van der Waals surface area contributed by atoms with E-state index in [9.17, 15) is 4.79 Å². The summed E-state index contributed by atoms with van der Waals surface area (Å²) in [7, 11) is 0. The molecule has 116 valence electrons. The first-order valence-corrected chi connectivity index (χ1v) is 7.36. The molecular formula is C17H15N3O3. The fourth-order valence-electron chi connectivity index (χ4n) is 2.56. The Kier molecular flexibility index (Phi) is 3.15. The summed E-state index contributed by atoms with van der Waals surface area (Å²) in [5, 5.41) is 2.94. The molecule has 6 heteroatoms. The van der Waals surface area contributed by atoms with Gasteiger partial charge in [-0.1, -0.05) is 12.1 Å². The number of nitrogens with zero attached hydrogens (tertiary/aromatic N) is 1. The van der Waals surface area contributed by atoms with Gasteiger partial charge in [0.25, 0.3) is 5.91 Å². The van der Waals surface area contributed by atoms with E-state index in [-0.39, 0.29) is 18.7 Å². The van der Waals surface area contributed by atoms with E-state index in [0.717, 1.165) is 16.9 Å². The molecule has 1 aliphatic heterocycles. The van der Waals surface area contributed by atoms with Crippen molar-refractivity contribution < 1.29 is 14.3 Å². The standard InChI is InChI=1S/C17H15N3O3/c1-10(16-19-12-4-2-3-5-13(12)20-16)18-17(21)11-6-7-14-15(8-11)23-9-22-14/h2-8,10H,9H2,1H3,(H,18,21)(H,19,20). The van der Waals surface area contributed by atoms with E-state index in [2.05, 4.69) is 15.3 Å². The van der Waals surface area contributed by atoms with Crippen LogP contribution in [-0.4, -0.2) is 22.7 Å². The second-order valence-corrected chi connectivity index (χ2v) is 5.40. The van der Waals surface area contributed by atoms with Crippen molar-refractivity contribution in [2.45, 2.75) is 13.0 Å². The normalized spacial score (nSPS) is 14.0. The summed E-state index contributed by atoms with van der Waals surface area (Å²) in [6.45, 7) is 2.08. The number of ether oxygens (including phenoxy) is 2. The molecule has 1 atom stereocenters. The van der Waals surface area contributed by atoms with Crippen LogP contribution in [0.2, 0.25) is 0 Å². The number of hydrogen-bond donors (Lipinski definition) is 2. The molecule has 2 aromatic carbocycles. The van der Waals surface area contributed by atoms with Crippen molar-refractivity contribution >= 4 is 16.9 Å². The van der Waals surface area contributed by atoms with Gasteiger partial charge in [-0.05, 0) is 37.3 Å². The molecule has 4 rings (SSSR count). The maximum atomic E-state index is 12.4. The Bertz CT molecular complexity index is 855. The zero-order valence-electron chi connectivity index (χ0n) is 12.5. The summed E-state index contributed by atoms with van der Waals surface area (Å²) < 4.78 is 10.5. The van der Waals surface area contributed by atoms with E-state index in [1.807, 2.05) is 31.2 Å². The number of benzene rings is 2. The van der Waals surface area contributed by atoms with Crippen molar-refractivity contribution in [3.63, 3.8) is 0 Å². The van der Waals surface area contributed by atoms with Crippen molar-refractivity contribution in [2.75, 3.05) is 6.79 Å². The van der Waals surface area contributed by atoms with Gasteiger partial charge >= 0.3 is 0 Å². The number of carbonyl (C=O) groups excluding carboxylic acids is 1. The zero-order valence-corrected chi connectivity index (χ0v) is 12.5. The molecule has 6 nitrogen and oxygen atoms in total. The summed E-state index contributed by atoms with van der Waals surface area (Å²) in [6, 6.07) is 12.7. The lowest BCUT2D eigenvalue weighted by atomic mass is 10.1. The Morgan fingerprint density at radius 2 is 2.04 bits per heavy atom. The lowest BCUT2D eigenvalue weighted by Gasteiger charge is -2.11. The number of H-pyrrole nitrogens is 1. The smallest absolute Gasteiger partial charge is 0.251 e. The van der Waals surface area contributed by atoms with Crippen LogP contribution in [0.4, 0.5) is 0 Å². The van der Waals surface area contributed by atoms with Crippen molar-refractivity contribution in [3.8, 4) is 11.5 Å². The highest BCUT2D eigenvalue weighted by Gasteiger charge is 2.18. The van der Waals surface area contributed by atoms with Crippen molar-refractivity contribution in [1.29, 1.82) is 0 Å². The minimum Gasteiger partial charge on any atom is -0.454 e. The summed E-state index contributed by atoms with van der Waals surface area (Å²) in [4.78, 5) is 20.1. The number of carbonyl (C=O) groups is 1. The molecule has 0 fully saturated rings. The molecule has 1 unspecified atom stereocenters. The van der Waals surface area contributed by atoms with Gasteiger partial charge < -0.3 is 19.8 Å². The monoisotopic (exact) mass is 309 g/mol. The van der Waals surface area contributed by atoms with E-state index >= 15 is 0 Å². The predicted molar refractivity (Wildman–Crippen MR) is 84.5 cm³/mol. The molecule has 3 aromatic rings. The number of nitrogens with one attached hydrogen (secondary N) is 2. The number of rotatable bonds is 3. The van der Waals surface area contributed by atoms with Gasteiger partial charge in [-0.3, -0.25) is 4.79 Å². The third-order valence-electron chi connectivity index (χ3n) is 3.80. The molecule has 23 heavy (non-hydrogen) atoms. The van der Waals surface area contributed by atoms with Crippen LogP contribution < -0.4 is 14.8 Å². The van der Waals surface area contributed by atoms with E-state index in [4.69, 9.17) is 9.47 Å². The van der Waals surface area contributed by atoms with Gasteiger partial charge in [0.15, 0.2) is 11.5 Å². The van der Waals surface area contributed by atoms with E-state index in [0.29, 0.717) is 17.1 Å². The molecule has 1 aliphatic rings. The van der Waals surface area contributed by atoms with Crippen LogP contribution >= 0.6 is 0 Å². The Labute approximate surface area is 132 Å². The second-order valence-electron chi connectivity index (χ2n) is 5.40. The van der Waals surface area contributed by atoms with Gasteiger partial charge in [0.2, 0.25) is 6.79 Å². The van der Waals surface area contributed by atoms with Crippen molar-refractivity contribution in [1.82, 2.24) is 15.3 Å². The Balaban J connectivity index is 1.53. The molecule has 0 saturated carbocycles. The summed E-state index contributed by atoms with van der Waals surface area (Å²) in [5.41, 5.74) is 2.36. The zero-order chi connectivity index (χ0) is 15.8. The number of amides is 1. The van der Waals surface area contributed by atoms with Crippen LogP contribution in [0.3, 0.4) is 0 Å². The molecule has 0 aliphatic carbocycles. The van der Waals surface area contributed by atoms with Gasteiger partial charge in [-0.25, -0.2) is 4.98 Å². The molecular weight excluding hydrogens is 294 g/mol. The maximum Gasteiger partial charge on any atom is 0.251 e. The van der Waals surface area contributed by atoms with Crippen LogP contribution in [0.5, 0.6) is 11.5 Å². The lowest BCUT2D eigenvalue weighted by molar-refractivity contribution is 0.0938. The third-order valence-corrected chi connectivity index (χ3v) is 3.80. The Hall–Kier alpha value is -3.02. The molecule has 1 aromatic heterocycles. The molecule has 2 N–H and O–H groups in total. The average Bonchev–Trinajstić information content (AvgIpc) is 3.20. The van der Waals surface area contributed by atoms with Crippen LogP contribution in [-0.2, 0) is 0 Å². The minimum absolute atomic E-state index is 0.184. The molecule has 0 bridgehead atoms. The quantitative estimate of drug-likeness (QED) is 0.780. The van der Waals surface area contributed by atoms with Crippen LogP contribution in [0, 0.1) is 0 Å². The maximum absolute atomic E-state index is 12.4. The van der Waals surface area contributed by atoms with Crippen molar-refractivity contribution in [2.24, 2.45) is 0 Å². The SMILES string of the molecule is CC(NC(=O)c1ccc2c(c1)OCO2)c1nc2ccccc2[nH]1. The first kappa shape index (κ1) is 13.6. The molecule has 0 radical (unpaired) electrons. The largest absolute Gasteiger partial charge is 0.454 e. The molecule has 0 saturated heterocycles. The number of aromatic amines is 1. The van der Waals surface area contributed by atoms with E-state index in [1.165, 1.54) is 0 Å².